The lowest BCUT2D eigenvalue weighted by atomic mass is 10.1. The van der Waals surface area contributed by atoms with Crippen LogP contribution >= 0.6 is 11.6 Å². The van der Waals surface area contributed by atoms with Crippen molar-refractivity contribution in [2.75, 3.05) is 0 Å². The molecule has 0 aliphatic carbocycles. The van der Waals surface area contributed by atoms with Crippen molar-refractivity contribution in [1.29, 1.82) is 0 Å². The van der Waals surface area contributed by atoms with Crippen LogP contribution in [0.15, 0.2) is 18.2 Å². The second-order valence-corrected chi connectivity index (χ2v) is 4.50. The van der Waals surface area contributed by atoms with Gasteiger partial charge < -0.3 is 0 Å². The van der Waals surface area contributed by atoms with Crippen LogP contribution in [-0.4, -0.2) is 9.78 Å². The Morgan fingerprint density at radius 3 is 2.37 bits per heavy atom. The van der Waals surface area contributed by atoms with E-state index in [1.54, 1.807) is 0 Å². The van der Waals surface area contributed by atoms with Crippen LogP contribution in [0.1, 0.15) is 11.3 Å². The zero-order valence-electron chi connectivity index (χ0n) is 10.0. The second kappa shape index (κ2) is 4.52. The smallest absolute Gasteiger partial charge is 0.263 e. The highest BCUT2D eigenvalue weighted by Crippen LogP contribution is 2.36. The van der Waals surface area contributed by atoms with Gasteiger partial charge in [-0.25, -0.2) is 4.39 Å². The number of aromatic nitrogens is 2. The third-order valence-electron chi connectivity index (χ3n) is 2.74. The van der Waals surface area contributed by atoms with Crippen LogP contribution in [0.25, 0.3) is 11.3 Å². The van der Waals surface area contributed by atoms with E-state index in [2.05, 4.69) is 5.10 Å². The fourth-order valence-corrected chi connectivity index (χ4v) is 2.12. The maximum atomic E-state index is 13.7. The van der Waals surface area contributed by atoms with E-state index >= 15 is 0 Å². The first-order valence-corrected chi connectivity index (χ1v) is 5.66. The number of halogens is 5. The molecule has 0 saturated carbocycles. The summed E-state index contributed by atoms with van der Waals surface area (Å²) in [7, 11) is 1.17. The molecule has 102 valence electrons. The maximum Gasteiger partial charge on any atom is 0.433 e. The van der Waals surface area contributed by atoms with Crippen molar-refractivity contribution < 1.29 is 17.6 Å². The molecule has 2 nitrogen and oxygen atoms in total. The molecule has 0 spiro atoms. The van der Waals surface area contributed by atoms with E-state index in [1.807, 2.05) is 0 Å². The first-order chi connectivity index (χ1) is 8.71. The SMILES string of the molecule is Cc1c(-c2ccc(Cl)cc2F)nn(C)c1C(F)(F)F. The van der Waals surface area contributed by atoms with Gasteiger partial charge in [-0.15, -0.1) is 0 Å². The van der Waals surface area contributed by atoms with Gasteiger partial charge in [0.05, 0.1) is 5.69 Å². The molecule has 0 amide bonds. The summed E-state index contributed by atoms with van der Waals surface area (Å²) in [6.07, 6.45) is -4.53. The van der Waals surface area contributed by atoms with E-state index in [1.165, 1.54) is 26.1 Å². The summed E-state index contributed by atoms with van der Waals surface area (Å²) < 4.78 is 52.9. The Kier molecular flexibility index (Phi) is 3.30. The van der Waals surface area contributed by atoms with Gasteiger partial charge in [0.2, 0.25) is 0 Å². The molecule has 0 unspecified atom stereocenters. The highest BCUT2D eigenvalue weighted by atomic mass is 35.5. The summed E-state index contributed by atoms with van der Waals surface area (Å²) in [5.74, 6) is -0.706. The van der Waals surface area contributed by atoms with Crippen LogP contribution < -0.4 is 0 Å². The average molecular weight is 293 g/mol. The predicted octanol–water partition coefficient (Wildman–Crippen LogP) is 4.21. The Morgan fingerprint density at radius 2 is 1.89 bits per heavy atom. The summed E-state index contributed by atoms with van der Waals surface area (Å²) in [4.78, 5) is 0. The van der Waals surface area contributed by atoms with Crippen LogP contribution in [0.5, 0.6) is 0 Å². The van der Waals surface area contributed by atoms with Gasteiger partial charge in [0.15, 0.2) is 0 Å². The molecule has 0 aliphatic heterocycles. The Hall–Kier alpha value is -1.56. The normalized spacial score (nSPS) is 11.9. The van der Waals surface area contributed by atoms with Gasteiger partial charge in [-0.2, -0.15) is 18.3 Å². The predicted molar refractivity (Wildman–Crippen MR) is 63.4 cm³/mol. The van der Waals surface area contributed by atoms with E-state index in [9.17, 15) is 17.6 Å². The molecular formula is C12H9ClF4N2. The highest BCUT2D eigenvalue weighted by Gasteiger charge is 2.38. The topological polar surface area (TPSA) is 17.8 Å². The van der Waals surface area contributed by atoms with E-state index in [4.69, 9.17) is 11.6 Å². The largest absolute Gasteiger partial charge is 0.433 e. The molecule has 0 aliphatic rings. The van der Waals surface area contributed by atoms with Crippen molar-refractivity contribution in [3.05, 3.63) is 40.3 Å². The Labute approximate surface area is 111 Å². The molecule has 0 N–H and O–H groups in total. The monoisotopic (exact) mass is 292 g/mol. The van der Waals surface area contributed by atoms with Gasteiger partial charge in [0.25, 0.3) is 0 Å². The van der Waals surface area contributed by atoms with Crippen molar-refractivity contribution in [3.63, 3.8) is 0 Å². The molecule has 1 aromatic heterocycles. The minimum absolute atomic E-state index is 0.00648. The number of rotatable bonds is 1. The van der Waals surface area contributed by atoms with Gasteiger partial charge in [-0.1, -0.05) is 11.6 Å². The van der Waals surface area contributed by atoms with Crippen LogP contribution in [0.2, 0.25) is 5.02 Å². The molecule has 0 saturated heterocycles. The molecule has 7 heteroatoms. The standard InChI is InChI=1S/C12H9ClF4N2/c1-6-10(8-4-3-7(13)5-9(8)14)18-19(2)11(6)12(15,16)17/h3-5H,1-2H3. The molecule has 2 rings (SSSR count). The quantitative estimate of drug-likeness (QED) is 0.720. The number of alkyl halides is 3. The highest BCUT2D eigenvalue weighted by molar-refractivity contribution is 6.30. The molecule has 19 heavy (non-hydrogen) atoms. The molecule has 0 atom stereocenters. The first-order valence-electron chi connectivity index (χ1n) is 5.28. The lowest BCUT2D eigenvalue weighted by molar-refractivity contribution is -0.144. The van der Waals surface area contributed by atoms with Crippen molar-refractivity contribution >= 4 is 11.6 Å². The van der Waals surface area contributed by atoms with E-state index in [0.717, 1.165) is 6.07 Å². The van der Waals surface area contributed by atoms with Crippen molar-refractivity contribution in [1.82, 2.24) is 9.78 Å². The Balaban J connectivity index is 2.65. The zero-order valence-corrected chi connectivity index (χ0v) is 10.8. The van der Waals surface area contributed by atoms with Crippen LogP contribution in [0.3, 0.4) is 0 Å². The first kappa shape index (κ1) is 13.9. The van der Waals surface area contributed by atoms with Crippen LogP contribution in [-0.2, 0) is 13.2 Å². The van der Waals surface area contributed by atoms with E-state index in [-0.39, 0.29) is 21.8 Å². The summed E-state index contributed by atoms with van der Waals surface area (Å²) in [6.45, 7) is 1.26. The number of hydrogen-bond acceptors (Lipinski definition) is 1. The summed E-state index contributed by atoms with van der Waals surface area (Å²) in [5.41, 5.74) is -1.05. The van der Waals surface area contributed by atoms with Gasteiger partial charge >= 0.3 is 6.18 Å². The van der Waals surface area contributed by atoms with Gasteiger partial charge in [-0.3, -0.25) is 4.68 Å². The Bertz CT molecular complexity index is 631. The molecule has 0 bridgehead atoms. The molecular weight excluding hydrogens is 284 g/mol. The summed E-state index contributed by atoms with van der Waals surface area (Å²) >= 11 is 5.61. The summed E-state index contributed by atoms with van der Waals surface area (Å²) in [6, 6.07) is 3.76. The summed E-state index contributed by atoms with van der Waals surface area (Å²) in [5, 5.41) is 3.92. The maximum absolute atomic E-state index is 13.7. The average Bonchev–Trinajstić information content (AvgIpc) is 2.53. The third-order valence-corrected chi connectivity index (χ3v) is 2.97. The fourth-order valence-electron chi connectivity index (χ4n) is 1.96. The van der Waals surface area contributed by atoms with E-state index in [0.29, 0.717) is 4.68 Å². The molecule has 2 aromatic rings. The second-order valence-electron chi connectivity index (χ2n) is 4.07. The van der Waals surface area contributed by atoms with Crippen molar-refractivity contribution in [3.8, 4) is 11.3 Å². The number of hydrogen-bond donors (Lipinski definition) is 0. The Morgan fingerprint density at radius 1 is 1.26 bits per heavy atom. The molecule has 0 fully saturated rings. The van der Waals surface area contributed by atoms with E-state index < -0.39 is 17.7 Å². The van der Waals surface area contributed by atoms with Crippen molar-refractivity contribution in [2.24, 2.45) is 7.05 Å². The van der Waals surface area contributed by atoms with Crippen molar-refractivity contribution in [2.45, 2.75) is 13.1 Å². The van der Waals surface area contributed by atoms with Gasteiger partial charge in [-0.05, 0) is 25.1 Å². The number of nitrogens with zero attached hydrogens (tertiary/aromatic N) is 2. The number of aryl methyl sites for hydroxylation is 1. The number of benzene rings is 1. The molecule has 1 aromatic carbocycles. The third kappa shape index (κ3) is 2.45. The fraction of sp³-hybridized carbons (Fsp3) is 0.250. The lowest BCUT2D eigenvalue weighted by Gasteiger charge is -2.07. The lowest BCUT2D eigenvalue weighted by Crippen LogP contribution is -2.13. The van der Waals surface area contributed by atoms with Gasteiger partial charge in [0.1, 0.15) is 11.5 Å². The van der Waals surface area contributed by atoms with Crippen LogP contribution in [0, 0.1) is 12.7 Å². The minimum atomic E-state index is -4.53. The molecule has 0 radical (unpaired) electrons. The molecule has 1 heterocycles. The minimum Gasteiger partial charge on any atom is -0.263 e. The van der Waals surface area contributed by atoms with Crippen LogP contribution in [0.4, 0.5) is 17.6 Å². The van der Waals surface area contributed by atoms with Gasteiger partial charge in [0, 0.05) is 23.2 Å². The zero-order chi connectivity index (χ0) is 14.4.